The van der Waals surface area contributed by atoms with Crippen LogP contribution in [0.15, 0.2) is 120 Å². The lowest BCUT2D eigenvalue weighted by Crippen LogP contribution is -2.38. The number of benzene rings is 4. The van der Waals surface area contributed by atoms with Crippen LogP contribution in [-0.2, 0) is 0 Å². The molecular formula is C81H104BrFN6Si2. The van der Waals surface area contributed by atoms with Crippen molar-refractivity contribution in [2.45, 2.75) is 193 Å². The summed E-state index contributed by atoms with van der Waals surface area (Å²) in [7, 11) is -2.50. The molecule has 4 aliphatic carbocycles. The van der Waals surface area contributed by atoms with Gasteiger partial charge in [-0.2, -0.15) is 0 Å². The van der Waals surface area contributed by atoms with E-state index in [1.807, 2.05) is 30.3 Å². The fourth-order valence-corrected chi connectivity index (χ4v) is 17.0. The van der Waals surface area contributed by atoms with Gasteiger partial charge in [-0.05, 0) is 253 Å². The van der Waals surface area contributed by atoms with E-state index in [1.165, 1.54) is 236 Å². The topological polar surface area (TPSA) is 50.4 Å². The average molecular weight is 1320 g/mol. The van der Waals surface area contributed by atoms with Crippen molar-refractivity contribution in [3.05, 3.63) is 154 Å². The lowest BCUT2D eigenvalue weighted by molar-refractivity contribution is 0.210. The molecule has 8 fully saturated rings. The standard InChI is InChI=1S/C24H24FN3.C20H29NSi.C17H21N.C11H13BrSi.C9H17N/c25-20-15-19-16-21(27-23(19)26-17-20)6-3-18-4-7-22(8-5-18)28-13-11-24(12-14-28)9-1-2-10-24;1-22(2,3)17-10-18-6-8-19(9-7-18)21-15-13-20(14-16-21)11-4-5-12-20;1-2-15-5-7-16(8-6-15)18-13-11-17(12-14-18)9-3-4-10-17;1-13(2,3)9-8-10-4-6-11(12)7-5-10;1-2-4-9(3-1)5-7-10-8-6-9/h4-5,7-8,15-17H,1-2,9-14H2,(H,26,27);6-9H,4-5,11-16H2,1-3H3;1,5-8H,3-4,9-14H2;4-7H,1-3H3;10H,1-8H2. The van der Waals surface area contributed by atoms with Crippen LogP contribution in [0, 0.1) is 74.6 Å². The number of halogens is 2. The molecule has 0 radical (unpaired) electrons. The van der Waals surface area contributed by atoms with E-state index in [-0.39, 0.29) is 5.82 Å². The first-order valence-electron chi connectivity index (χ1n) is 35.1. The first-order chi connectivity index (χ1) is 43.8. The molecule has 10 heteroatoms. The molecule has 91 heavy (non-hydrogen) atoms. The van der Waals surface area contributed by atoms with E-state index in [0.29, 0.717) is 21.9 Å². The predicted molar refractivity (Wildman–Crippen MR) is 394 cm³/mol. The third kappa shape index (κ3) is 20.0. The Bertz CT molecular complexity index is 3490. The van der Waals surface area contributed by atoms with Crippen molar-refractivity contribution in [1.82, 2.24) is 15.3 Å². The van der Waals surface area contributed by atoms with E-state index in [1.54, 1.807) is 0 Å². The molecule has 0 unspecified atom stereocenters. The van der Waals surface area contributed by atoms with Crippen LogP contribution < -0.4 is 20.0 Å². The van der Waals surface area contributed by atoms with E-state index in [4.69, 9.17) is 6.42 Å². The van der Waals surface area contributed by atoms with Crippen LogP contribution in [0.25, 0.3) is 11.0 Å². The highest BCUT2D eigenvalue weighted by molar-refractivity contribution is 9.10. The molecule has 480 valence electrons. The van der Waals surface area contributed by atoms with Crippen molar-refractivity contribution < 1.29 is 4.39 Å². The van der Waals surface area contributed by atoms with Crippen LogP contribution in [-0.4, -0.2) is 78.5 Å². The van der Waals surface area contributed by atoms with Gasteiger partial charge < -0.3 is 25.0 Å². The van der Waals surface area contributed by atoms with Gasteiger partial charge in [0, 0.05) is 88.4 Å². The van der Waals surface area contributed by atoms with Gasteiger partial charge in [-0.25, -0.2) is 9.37 Å². The van der Waals surface area contributed by atoms with Crippen molar-refractivity contribution in [2.75, 3.05) is 67.1 Å². The Morgan fingerprint density at radius 1 is 0.440 bits per heavy atom. The number of hydrogen-bond donors (Lipinski definition) is 2. The molecule has 6 aromatic rings. The maximum atomic E-state index is 13.3. The maximum absolute atomic E-state index is 13.3. The molecule has 8 aliphatic rings. The maximum Gasteiger partial charge on any atom is 0.142 e. The number of nitrogens with zero attached hydrogens (tertiary/aromatic N) is 4. The second-order valence-corrected chi connectivity index (χ2v) is 40.8. The van der Waals surface area contributed by atoms with Crippen LogP contribution in [0.4, 0.5) is 21.5 Å². The zero-order chi connectivity index (χ0) is 63.8. The summed E-state index contributed by atoms with van der Waals surface area (Å²) in [6.45, 7) is 23.4. The van der Waals surface area contributed by atoms with Gasteiger partial charge in [0.2, 0.25) is 0 Å². The Morgan fingerprint density at radius 2 is 0.780 bits per heavy atom. The van der Waals surface area contributed by atoms with E-state index >= 15 is 0 Å². The molecule has 0 atom stereocenters. The Morgan fingerprint density at radius 3 is 1.14 bits per heavy atom. The summed E-state index contributed by atoms with van der Waals surface area (Å²) in [4.78, 5) is 14.8. The zero-order valence-electron chi connectivity index (χ0n) is 56.2. The van der Waals surface area contributed by atoms with E-state index in [2.05, 4.69) is 199 Å². The number of rotatable bonds is 3. The van der Waals surface area contributed by atoms with Crippen molar-refractivity contribution >= 4 is 60.2 Å². The van der Waals surface area contributed by atoms with Gasteiger partial charge in [-0.3, -0.25) is 0 Å². The van der Waals surface area contributed by atoms with Gasteiger partial charge in [0.05, 0.1) is 11.9 Å². The summed E-state index contributed by atoms with van der Waals surface area (Å²) in [5.74, 6) is 15.2. The molecule has 2 aromatic heterocycles. The molecule has 0 bridgehead atoms. The summed E-state index contributed by atoms with van der Waals surface area (Å²) in [6, 6.07) is 37.3. The molecule has 6 heterocycles. The first kappa shape index (κ1) is 67.9. The SMILES string of the molecule is C#Cc1ccc(N2CCC3(CCCC3)CC2)cc1.C1CCC2(C1)CCNCC2.C[Si](C)(C)C#Cc1ccc(Br)cc1.C[Si](C)(C)C#Cc1ccc(N2CCC3(CCCC3)CC2)cc1.Fc1cnc2[nH]c(C#Cc3ccc(N4CCC5(CCCC5)CC4)cc3)cc2c1. The fraction of sp³-hybridized carbons (Fsp3) is 0.519. The second kappa shape index (κ2) is 31.3. The van der Waals surface area contributed by atoms with Crippen molar-refractivity contribution in [1.29, 1.82) is 0 Å². The molecule has 4 aromatic carbocycles. The molecule has 6 nitrogen and oxygen atoms in total. The quantitative estimate of drug-likeness (QED) is 0.137. The number of terminal acetylenes is 1. The summed E-state index contributed by atoms with van der Waals surface area (Å²) in [5, 5.41) is 4.18. The highest BCUT2D eigenvalue weighted by Gasteiger charge is 2.39. The van der Waals surface area contributed by atoms with Crippen molar-refractivity contribution in [2.24, 2.45) is 21.7 Å². The molecule has 4 spiro atoms. The number of nitrogens with one attached hydrogen (secondary N) is 2. The number of H-pyrrole nitrogens is 1. The highest BCUT2D eigenvalue weighted by Crippen LogP contribution is 2.49. The van der Waals surface area contributed by atoms with Gasteiger partial charge in [0.1, 0.15) is 27.6 Å². The lowest BCUT2D eigenvalue weighted by Gasteiger charge is -2.40. The third-order valence-electron chi connectivity index (χ3n) is 21.4. The number of pyridine rings is 1. The average Bonchev–Trinajstić information content (AvgIpc) is 3.44. The van der Waals surface area contributed by atoms with Crippen LogP contribution in [0.3, 0.4) is 0 Å². The minimum atomic E-state index is -1.28. The minimum absolute atomic E-state index is 0.335. The number of hydrogen-bond acceptors (Lipinski definition) is 5. The Balaban J connectivity index is 0.000000130. The summed E-state index contributed by atoms with van der Waals surface area (Å²) < 4.78 is 14.4. The largest absolute Gasteiger partial charge is 0.371 e. The predicted octanol–water partition coefficient (Wildman–Crippen LogP) is 19.8. The van der Waals surface area contributed by atoms with Crippen molar-refractivity contribution in [3.63, 3.8) is 0 Å². The van der Waals surface area contributed by atoms with Crippen LogP contribution in [0.1, 0.15) is 182 Å². The summed E-state index contributed by atoms with van der Waals surface area (Å²) in [6.07, 6.45) is 41.2. The van der Waals surface area contributed by atoms with E-state index in [0.717, 1.165) is 43.2 Å². The third-order valence-corrected chi connectivity index (χ3v) is 23.7. The first-order valence-corrected chi connectivity index (χ1v) is 42.9. The fourth-order valence-electron chi connectivity index (χ4n) is 15.7. The monoisotopic (exact) mass is 1310 g/mol. The second-order valence-electron chi connectivity index (χ2n) is 30.4. The molecular weight excluding hydrogens is 1210 g/mol. The number of piperidine rings is 4. The summed E-state index contributed by atoms with van der Waals surface area (Å²) in [5.41, 5.74) is 19.3. The molecule has 4 saturated carbocycles. The number of fused-ring (bicyclic) bond motifs is 1. The van der Waals surface area contributed by atoms with Crippen LogP contribution in [0.2, 0.25) is 39.3 Å². The molecule has 2 N–H and O–H groups in total. The van der Waals surface area contributed by atoms with Gasteiger partial charge in [0.15, 0.2) is 0 Å². The van der Waals surface area contributed by atoms with Gasteiger partial charge in [-0.1, -0.05) is 130 Å². The molecule has 0 amide bonds. The lowest BCUT2D eigenvalue weighted by atomic mass is 9.77. The highest BCUT2D eigenvalue weighted by atomic mass is 79.9. The molecule has 4 aliphatic heterocycles. The Hall–Kier alpha value is -5.99. The number of anilines is 3. The molecule has 14 rings (SSSR count). The number of aromatic nitrogens is 2. The normalized spacial score (nSPS) is 20.0. The smallest absolute Gasteiger partial charge is 0.142 e. The zero-order valence-corrected chi connectivity index (χ0v) is 59.8. The minimum Gasteiger partial charge on any atom is -0.371 e. The summed E-state index contributed by atoms with van der Waals surface area (Å²) >= 11 is 3.40. The van der Waals surface area contributed by atoms with E-state index in [9.17, 15) is 4.39 Å². The van der Waals surface area contributed by atoms with Crippen molar-refractivity contribution in [3.8, 4) is 47.1 Å². The van der Waals surface area contributed by atoms with Gasteiger partial charge >= 0.3 is 0 Å². The Kier molecular flexibility index (Phi) is 23.3. The van der Waals surface area contributed by atoms with Gasteiger partial charge in [0.25, 0.3) is 0 Å². The van der Waals surface area contributed by atoms with E-state index < -0.39 is 16.1 Å². The van der Waals surface area contributed by atoms with Crippen LogP contribution >= 0.6 is 15.9 Å². The Labute approximate surface area is 559 Å². The number of aromatic amines is 1. The van der Waals surface area contributed by atoms with Gasteiger partial charge in [-0.15, -0.1) is 17.5 Å². The molecule has 4 saturated heterocycles. The van der Waals surface area contributed by atoms with Crippen LogP contribution in [0.5, 0.6) is 0 Å².